The summed E-state index contributed by atoms with van der Waals surface area (Å²) in [5.41, 5.74) is 0. The van der Waals surface area contributed by atoms with E-state index in [0.717, 1.165) is 12.8 Å². The Kier molecular flexibility index (Phi) is 9.58. The van der Waals surface area contributed by atoms with Gasteiger partial charge in [-0.2, -0.15) is 0 Å². The Balaban J connectivity index is 4.01. The van der Waals surface area contributed by atoms with Crippen molar-refractivity contribution in [2.24, 2.45) is 0 Å². The second-order valence-corrected chi connectivity index (χ2v) is 3.83. The smallest absolute Gasteiger partial charge is 0.312 e. The van der Waals surface area contributed by atoms with Crippen LogP contribution in [0.5, 0.6) is 0 Å². The molecule has 0 aromatic rings. The minimum Gasteiger partial charge on any atom is -0.396 e. The van der Waals surface area contributed by atoms with E-state index in [0.29, 0.717) is 26.1 Å². The number of rotatable bonds is 9. The first kappa shape index (κ1) is 16.4. The van der Waals surface area contributed by atoms with Gasteiger partial charge in [0.1, 0.15) is 0 Å². The zero-order chi connectivity index (χ0) is 13.8. The van der Waals surface area contributed by atoms with E-state index in [2.05, 4.69) is 18.5 Å². The van der Waals surface area contributed by atoms with Crippen LogP contribution in [0.3, 0.4) is 0 Å². The van der Waals surface area contributed by atoms with Crippen LogP contribution < -0.4 is 5.32 Å². The van der Waals surface area contributed by atoms with Gasteiger partial charge in [0.25, 0.3) is 0 Å². The standard InChI is InChI=1S/C13H22N2O3/c1-3-9-15(10-4-2)13(18)12(17)14-8-6-5-7-11-16/h3-4,16H,1-2,5-11H2,(H,14,17). The maximum absolute atomic E-state index is 11.7. The highest BCUT2D eigenvalue weighted by molar-refractivity contribution is 6.35. The number of carbonyl (C=O) groups excluding carboxylic acids is 2. The van der Waals surface area contributed by atoms with Gasteiger partial charge in [-0.25, -0.2) is 0 Å². The minimum absolute atomic E-state index is 0.152. The molecule has 0 fully saturated rings. The molecule has 18 heavy (non-hydrogen) atoms. The summed E-state index contributed by atoms with van der Waals surface area (Å²) < 4.78 is 0. The third-order valence-electron chi connectivity index (χ3n) is 2.30. The molecule has 0 rings (SSSR count). The third-order valence-corrected chi connectivity index (χ3v) is 2.30. The number of unbranched alkanes of at least 4 members (excludes halogenated alkanes) is 2. The molecular formula is C13H22N2O3. The average Bonchev–Trinajstić information content (AvgIpc) is 2.37. The van der Waals surface area contributed by atoms with Crippen LogP contribution in [0.2, 0.25) is 0 Å². The minimum atomic E-state index is -0.609. The summed E-state index contributed by atoms with van der Waals surface area (Å²) >= 11 is 0. The normalized spacial score (nSPS) is 9.61. The van der Waals surface area contributed by atoms with Crippen LogP contribution in [0.4, 0.5) is 0 Å². The van der Waals surface area contributed by atoms with Gasteiger partial charge in [0, 0.05) is 26.2 Å². The van der Waals surface area contributed by atoms with Gasteiger partial charge >= 0.3 is 11.8 Å². The Bertz CT molecular complexity index is 280. The van der Waals surface area contributed by atoms with Crippen molar-refractivity contribution in [3.8, 4) is 0 Å². The van der Waals surface area contributed by atoms with Crippen molar-refractivity contribution in [1.82, 2.24) is 10.2 Å². The fraction of sp³-hybridized carbons (Fsp3) is 0.538. The molecule has 0 aliphatic heterocycles. The zero-order valence-corrected chi connectivity index (χ0v) is 10.7. The van der Waals surface area contributed by atoms with Gasteiger partial charge in [-0.05, 0) is 19.3 Å². The van der Waals surface area contributed by atoms with E-state index in [1.54, 1.807) is 12.2 Å². The summed E-state index contributed by atoms with van der Waals surface area (Å²) in [4.78, 5) is 24.6. The molecule has 0 aromatic carbocycles. The Morgan fingerprint density at radius 1 is 1.11 bits per heavy atom. The molecule has 0 spiro atoms. The number of hydrogen-bond donors (Lipinski definition) is 2. The summed E-state index contributed by atoms with van der Waals surface area (Å²) in [5, 5.41) is 11.1. The van der Waals surface area contributed by atoms with Crippen LogP contribution in [0.1, 0.15) is 19.3 Å². The SMILES string of the molecule is C=CCN(CC=C)C(=O)C(=O)NCCCCCO. The lowest BCUT2D eigenvalue weighted by Crippen LogP contribution is -2.43. The lowest BCUT2D eigenvalue weighted by atomic mass is 10.2. The Labute approximate surface area is 108 Å². The summed E-state index contributed by atoms with van der Waals surface area (Å²) in [6, 6.07) is 0. The molecule has 2 amide bonds. The van der Waals surface area contributed by atoms with Crippen molar-refractivity contribution in [2.75, 3.05) is 26.2 Å². The number of aliphatic hydroxyl groups is 1. The monoisotopic (exact) mass is 254 g/mol. The first-order valence-electron chi connectivity index (χ1n) is 6.07. The second kappa shape index (κ2) is 10.5. The Hall–Kier alpha value is -1.62. The maximum Gasteiger partial charge on any atom is 0.312 e. The molecule has 0 saturated carbocycles. The molecule has 0 unspecified atom stereocenters. The molecule has 0 aromatic heterocycles. The number of aliphatic hydroxyl groups excluding tert-OH is 1. The number of hydrogen-bond acceptors (Lipinski definition) is 3. The fourth-order valence-corrected chi connectivity index (χ4v) is 1.39. The molecule has 0 aliphatic rings. The van der Waals surface area contributed by atoms with E-state index in [4.69, 9.17) is 5.11 Å². The number of nitrogens with zero attached hydrogens (tertiary/aromatic N) is 1. The first-order valence-corrected chi connectivity index (χ1v) is 6.07. The highest BCUT2D eigenvalue weighted by Gasteiger charge is 2.18. The predicted molar refractivity (Wildman–Crippen MR) is 70.9 cm³/mol. The summed E-state index contributed by atoms with van der Waals surface area (Å²) in [7, 11) is 0. The van der Waals surface area contributed by atoms with Gasteiger partial charge in [-0.15, -0.1) is 13.2 Å². The average molecular weight is 254 g/mol. The molecule has 5 nitrogen and oxygen atoms in total. The van der Waals surface area contributed by atoms with Crippen molar-refractivity contribution >= 4 is 11.8 Å². The van der Waals surface area contributed by atoms with E-state index < -0.39 is 11.8 Å². The Morgan fingerprint density at radius 2 is 1.72 bits per heavy atom. The van der Waals surface area contributed by atoms with Crippen LogP contribution in [-0.4, -0.2) is 48.1 Å². The lowest BCUT2D eigenvalue weighted by Gasteiger charge is -2.18. The van der Waals surface area contributed by atoms with Gasteiger partial charge in [0.05, 0.1) is 0 Å². The summed E-state index contributed by atoms with van der Waals surface area (Å²) in [6.45, 7) is 8.32. The van der Waals surface area contributed by atoms with Gasteiger partial charge in [0.2, 0.25) is 0 Å². The number of nitrogens with one attached hydrogen (secondary N) is 1. The van der Waals surface area contributed by atoms with Crippen molar-refractivity contribution in [3.05, 3.63) is 25.3 Å². The van der Waals surface area contributed by atoms with Crippen LogP contribution in [0, 0.1) is 0 Å². The first-order chi connectivity index (χ1) is 8.67. The molecule has 2 N–H and O–H groups in total. The molecule has 0 saturated heterocycles. The highest BCUT2D eigenvalue weighted by atomic mass is 16.3. The maximum atomic E-state index is 11.7. The third kappa shape index (κ3) is 6.85. The van der Waals surface area contributed by atoms with Gasteiger partial charge in [0.15, 0.2) is 0 Å². The Morgan fingerprint density at radius 3 is 2.22 bits per heavy atom. The van der Waals surface area contributed by atoms with Crippen molar-refractivity contribution in [2.45, 2.75) is 19.3 Å². The molecule has 0 radical (unpaired) electrons. The van der Waals surface area contributed by atoms with E-state index in [9.17, 15) is 9.59 Å². The number of carbonyl (C=O) groups is 2. The molecule has 0 atom stereocenters. The molecule has 0 heterocycles. The predicted octanol–water partition coefficient (Wildman–Crippen LogP) is 0.466. The van der Waals surface area contributed by atoms with Crippen molar-refractivity contribution in [1.29, 1.82) is 0 Å². The molecule has 0 bridgehead atoms. The molecule has 0 aliphatic carbocycles. The van der Waals surface area contributed by atoms with Gasteiger partial charge < -0.3 is 15.3 Å². The molecule has 5 heteroatoms. The summed E-state index contributed by atoms with van der Waals surface area (Å²) in [5.74, 6) is -1.18. The number of amides is 2. The zero-order valence-electron chi connectivity index (χ0n) is 10.7. The van der Waals surface area contributed by atoms with Crippen molar-refractivity contribution < 1.29 is 14.7 Å². The van der Waals surface area contributed by atoms with Crippen LogP contribution in [-0.2, 0) is 9.59 Å². The van der Waals surface area contributed by atoms with Crippen LogP contribution in [0.15, 0.2) is 25.3 Å². The lowest BCUT2D eigenvalue weighted by molar-refractivity contribution is -0.145. The van der Waals surface area contributed by atoms with E-state index in [-0.39, 0.29) is 6.61 Å². The highest BCUT2D eigenvalue weighted by Crippen LogP contribution is 1.94. The van der Waals surface area contributed by atoms with Crippen LogP contribution >= 0.6 is 0 Å². The topological polar surface area (TPSA) is 69.6 Å². The van der Waals surface area contributed by atoms with E-state index in [1.807, 2.05) is 0 Å². The second-order valence-electron chi connectivity index (χ2n) is 3.83. The van der Waals surface area contributed by atoms with Crippen molar-refractivity contribution in [3.63, 3.8) is 0 Å². The fourth-order valence-electron chi connectivity index (χ4n) is 1.39. The quantitative estimate of drug-likeness (QED) is 0.357. The molecular weight excluding hydrogens is 232 g/mol. The van der Waals surface area contributed by atoms with Gasteiger partial charge in [-0.1, -0.05) is 12.2 Å². The van der Waals surface area contributed by atoms with E-state index >= 15 is 0 Å². The van der Waals surface area contributed by atoms with Gasteiger partial charge in [-0.3, -0.25) is 9.59 Å². The summed E-state index contributed by atoms with van der Waals surface area (Å²) in [6.07, 6.45) is 5.42. The largest absolute Gasteiger partial charge is 0.396 e. The van der Waals surface area contributed by atoms with Crippen LogP contribution in [0.25, 0.3) is 0 Å². The molecule has 102 valence electrons. The van der Waals surface area contributed by atoms with E-state index in [1.165, 1.54) is 4.90 Å².